The summed E-state index contributed by atoms with van der Waals surface area (Å²) in [4.78, 5) is 0. The standard InChI is InChI=1S/C21H15O.Li/c22-21(19-12-6-2-7-13-19,20-14-8-3-9-15-20)17-16-18-10-4-1-5-11-18;/h1-15H;/q-1;+1. The zero-order valence-corrected chi connectivity index (χ0v) is 13.1. The van der Waals surface area contributed by atoms with Crippen LogP contribution in [0.15, 0.2) is 91.0 Å². The van der Waals surface area contributed by atoms with Crippen molar-refractivity contribution in [2.75, 3.05) is 0 Å². The third-order valence-electron chi connectivity index (χ3n) is 3.52. The second-order valence-corrected chi connectivity index (χ2v) is 5.03. The molecule has 0 amide bonds. The van der Waals surface area contributed by atoms with Gasteiger partial charge in [0.05, 0.1) is 0 Å². The summed E-state index contributed by atoms with van der Waals surface area (Å²) >= 11 is 0. The van der Waals surface area contributed by atoms with Crippen molar-refractivity contribution in [2.24, 2.45) is 0 Å². The second kappa shape index (κ2) is 7.86. The maximum absolute atomic E-state index is 13.5. The van der Waals surface area contributed by atoms with E-state index in [0.717, 1.165) is 5.56 Å². The molecule has 0 aliphatic heterocycles. The summed E-state index contributed by atoms with van der Waals surface area (Å²) in [5.74, 6) is 5.96. The Labute approximate surface area is 149 Å². The molecule has 3 aromatic carbocycles. The third-order valence-corrected chi connectivity index (χ3v) is 3.52. The minimum atomic E-state index is -1.57. The van der Waals surface area contributed by atoms with E-state index in [1.807, 2.05) is 91.0 Å². The molecule has 0 saturated heterocycles. The summed E-state index contributed by atoms with van der Waals surface area (Å²) in [6.07, 6.45) is 0. The molecular formula is C21H15LiO. The summed E-state index contributed by atoms with van der Waals surface area (Å²) in [7, 11) is 0. The first-order valence-electron chi connectivity index (χ1n) is 7.19. The Morgan fingerprint density at radius 3 is 1.43 bits per heavy atom. The second-order valence-electron chi connectivity index (χ2n) is 5.03. The average molecular weight is 290 g/mol. The molecule has 1 nitrogen and oxygen atoms in total. The summed E-state index contributed by atoms with van der Waals surface area (Å²) in [6, 6.07) is 28.2. The topological polar surface area (TPSA) is 23.1 Å². The van der Waals surface area contributed by atoms with Crippen LogP contribution in [0.3, 0.4) is 0 Å². The van der Waals surface area contributed by atoms with E-state index in [2.05, 4.69) is 11.8 Å². The SMILES string of the molecule is [Li+].[O-]C(C#Cc1ccccc1)(c1ccccc1)c1ccccc1. The first-order chi connectivity index (χ1) is 10.8. The molecule has 23 heavy (non-hydrogen) atoms. The van der Waals surface area contributed by atoms with Crippen molar-refractivity contribution in [1.29, 1.82) is 0 Å². The van der Waals surface area contributed by atoms with Crippen molar-refractivity contribution in [2.45, 2.75) is 5.60 Å². The molecule has 0 fully saturated rings. The van der Waals surface area contributed by atoms with Gasteiger partial charge < -0.3 is 5.11 Å². The van der Waals surface area contributed by atoms with Crippen LogP contribution in [0, 0.1) is 11.8 Å². The molecular weight excluding hydrogens is 275 g/mol. The van der Waals surface area contributed by atoms with Crippen molar-refractivity contribution in [3.63, 3.8) is 0 Å². The number of hydrogen-bond donors (Lipinski definition) is 0. The molecule has 0 saturated carbocycles. The first-order valence-corrected chi connectivity index (χ1v) is 7.19. The van der Waals surface area contributed by atoms with E-state index >= 15 is 0 Å². The first kappa shape index (κ1) is 17.1. The van der Waals surface area contributed by atoms with Crippen LogP contribution in [0.1, 0.15) is 16.7 Å². The third kappa shape index (κ3) is 3.95. The summed E-state index contributed by atoms with van der Waals surface area (Å²) < 4.78 is 0. The average Bonchev–Trinajstić information content (AvgIpc) is 2.62. The zero-order chi connectivity index (χ0) is 15.3. The Bertz CT molecular complexity index is 747. The molecule has 3 rings (SSSR count). The molecule has 0 N–H and O–H groups in total. The number of rotatable bonds is 2. The van der Waals surface area contributed by atoms with Gasteiger partial charge in [-0.25, -0.2) is 0 Å². The van der Waals surface area contributed by atoms with Gasteiger partial charge >= 0.3 is 18.9 Å². The molecule has 0 radical (unpaired) electrons. The normalized spacial score (nSPS) is 10.1. The van der Waals surface area contributed by atoms with E-state index < -0.39 is 5.60 Å². The van der Waals surface area contributed by atoms with Crippen LogP contribution in [0.5, 0.6) is 0 Å². The van der Waals surface area contributed by atoms with Crippen LogP contribution in [0.4, 0.5) is 0 Å². The van der Waals surface area contributed by atoms with E-state index in [0.29, 0.717) is 11.1 Å². The van der Waals surface area contributed by atoms with Gasteiger partial charge in [0.2, 0.25) is 0 Å². The Morgan fingerprint density at radius 2 is 1.00 bits per heavy atom. The molecule has 0 aliphatic carbocycles. The maximum Gasteiger partial charge on any atom is 1.00 e. The van der Waals surface area contributed by atoms with Gasteiger partial charge in [0.1, 0.15) is 0 Å². The predicted molar refractivity (Wildman–Crippen MR) is 87.0 cm³/mol. The molecule has 2 heteroatoms. The van der Waals surface area contributed by atoms with Crippen molar-refractivity contribution in [3.8, 4) is 11.8 Å². The van der Waals surface area contributed by atoms with Crippen molar-refractivity contribution < 1.29 is 24.0 Å². The van der Waals surface area contributed by atoms with E-state index in [4.69, 9.17) is 0 Å². The van der Waals surface area contributed by atoms with Crippen LogP contribution in [0.25, 0.3) is 0 Å². The van der Waals surface area contributed by atoms with E-state index in [9.17, 15) is 5.11 Å². The van der Waals surface area contributed by atoms with Gasteiger partial charge in [-0.1, -0.05) is 90.7 Å². The minimum Gasteiger partial charge on any atom is -0.833 e. The van der Waals surface area contributed by atoms with Crippen molar-refractivity contribution in [1.82, 2.24) is 0 Å². The summed E-state index contributed by atoms with van der Waals surface area (Å²) in [6.45, 7) is 0. The molecule has 0 unspecified atom stereocenters. The fourth-order valence-electron chi connectivity index (χ4n) is 2.34. The fraction of sp³-hybridized carbons (Fsp3) is 0.0476. The summed E-state index contributed by atoms with van der Waals surface area (Å²) in [5, 5.41) is 13.5. The largest absolute Gasteiger partial charge is 1.00 e. The van der Waals surface area contributed by atoms with Crippen LogP contribution < -0.4 is 24.0 Å². The fourth-order valence-corrected chi connectivity index (χ4v) is 2.34. The van der Waals surface area contributed by atoms with Gasteiger partial charge in [0.25, 0.3) is 0 Å². The molecule has 0 aliphatic rings. The number of benzene rings is 3. The number of hydrogen-bond acceptors (Lipinski definition) is 1. The van der Waals surface area contributed by atoms with Gasteiger partial charge in [0, 0.05) is 11.2 Å². The molecule has 0 bridgehead atoms. The molecule has 0 heterocycles. The van der Waals surface area contributed by atoms with Crippen LogP contribution in [-0.4, -0.2) is 0 Å². The predicted octanol–water partition coefficient (Wildman–Crippen LogP) is 0.346. The van der Waals surface area contributed by atoms with E-state index in [1.165, 1.54) is 0 Å². The smallest absolute Gasteiger partial charge is 0.833 e. The quantitative estimate of drug-likeness (QED) is 0.493. The van der Waals surface area contributed by atoms with Gasteiger partial charge in [-0.3, -0.25) is 0 Å². The van der Waals surface area contributed by atoms with Gasteiger partial charge in [-0.2, -0.15) is 0 Å². The van der Waals surface area contributed by atoms with Crippen LogP contribution >= 0.6 is 0 Å². The molecule has 3 aromatic rings. The van der Waals surface area contributed by atoms with Gasteiger partial charge in [-0.15, -0.1) is 0 Å². The molecule has 106 valence electrons. The summed E-state index contributed by atoms with van der Waals surface area (Å²) in [5.41, 5.74) is 0.585. The molecule has 0 aromatic heterocycles. The van der Waals surface area contributed by atoms with Gasteiger partial charge in [-0.05, 0) is 23.3 Å². The van der Waals surface area contributed by atoms with Crippen LogP contribution in [0.2, 0.25) is 0 Å². The molecule has 0 atom stereocenters. The molecule has 0 spiro atoms. The Balaban J connectivity index is 0.00000192. The maximum atomic E-state index is 13.5. The van der Waals surface area contributed by atoms with Gasteiger partial charge in [0.15, 0.2) is 0 Å². The Kier molecular flexibility index (Phi) is 5.86. The monoisotopic (exact) mass is 290 g/mol. The van der Waals surface area contributed by atoms with Crippen molar-refractivity contribution in [3.05, 3.63) is 108 Å². The minimum absolute atomic E-state index is 0. The van der Waals surface area contributed by atoms with Crippen LogP contribution in [-0.2, 0) is 5.60 Å². The van der Waals surface area contributed by atoms with E-state index in [1.54, 1.807) is 0 Å². The zero-order valence-electron chi connectivity index (χ0n) is 13.1. The van der Waals surface area contributed by atoms with E-state index in [-0.39, 0.29) is 18.9 Å². The Morgan fingerprint density at radius 1 is 0.609 bits per heavy atom. The Hall–Kier alpha value is -2.22. The van der Waals surface area contributed by atoms with Crippen molar-refractivity contribution >= 4 is 0 Å².